The molecular formula is C25H30FN3O3. The number of ether oxygens (including phenoxy) is 1. The summed E-state index contributed by atoms with van der Waals surface area (Å²) in [5, 5.41) is 2.93. The Kier molecular flexibility index (Phi) is 8.95. The van der Waals surface area contributed by atoms with Gasteiger partial charge in [0.2, 0.25) is 5.91 Å². The Bertz CT molecular complexity index is 913. The van der Waals surface area contributed by atoms with Crippen molar-refractivity contribution in [2.24, 2.45) is 0 Å². The van der Waals surface area contributed by atoms with Gasteiger partial charge in [0.15, 0.2) is 0 Å². The molecule has 0 spiro atoms. The molecule has 6 nitrogen and oxygen atoms in total. The molecule has 0 atom stereocenters. The van der Waals surface area contributed by atoms with Crippen LogP contribution in [0.25, 0.3) is 6.08 Å². The van der Waals surface area contributed by atoms with Gasteiger partial charge in [-0.05, 0) is 67.9 Å². The van der Waals surface area contributed by atoms with Crippen LogP contribution in [0.5, 0.6) is 0 Å². The fraction of sp³-hybridized carbons (Fsp3) is 0.360. The first-order valence-electron chi connectivity index (χ1n) is 11.0. The fourth-order valence-corrected chi connectivity index (χ4v) is 3.62. The van der Waals surface area contributed by atoms with Crippen molar-refractivity contribution >= 4 is 23.6 Å². The van der Waals surface area contributed by atoms with Gasteiger partial charge >= 0.3 is 5.97 Å². The average Bonchev–Trinajstić information content (AvgIpc) is 3.00. The smallest absolute Gasteiger partial charge is 0.330 e. The van der Waals surface area contributed by atoms with Gasteiger partial charge in [0, 0.05) is 31.4 Å². The fourth-order valence-electron chi connectivity index (χ4n) is 3.62. The second kappa shape index (κ2) is 12.1. The molecule has 0 unspecified atom stereocenters. The lowest BCUT2D eigenvalue weighted by Crippen LogP contribution is -2.36. The van der Waals surface area contributed by atoms with E-state index in [1.807, 2.05) is 36.4 Å². The SMILES string of the molecule is CCOC(=O)/C=C/c1ccc(NC(=O)CN2CCCN(Cc3ccc(F)cc3)CC2)cc1. The molecule has 0 aliphatic carbocycles. The second-order valence-corrected chi connectivity index (χ2v) is 7.79. The molecule has 0 radical (unpaired) electrons. The van der Waals surface area contributed by atoms with Crippen LogP contribution in [0.1, 0.15) is 24.5 Å². The van der Waals surface area contributed by atoms with Gasteiger partial charge in [-0.1, -0.05) is 24.3 Å². The van der Waals surface area contributed by atoms with Crippen LogP contribution >= 0.6 is 0 Å². The van der Waals surface area contributed by atoms with Gasteiger partial charge in [0.1, 0.15) is 5.82 Å². The van der Waals surface area contributed by atoms with E-state index in [0.29, 0.717) is 13.2 Å². The number of hydrogen-bond donors (Lipinski definition) is 1. The summed E-state index contributed by atoms with van der Waals surface area (Å²) in [7, 11) is 0. The van der Waals surface area contributed by atoms with Gasteiger partial charge in [0.05, 0.1) is 13.2 Å². The van der Waals surface area contributed by atoms with E-state index in [9.17, 15) is 14.0 Å². The third-order valence-electron chi connectivity index (χ3n) is 5.26. The summed E-state index contributed by atoms with van der Waals surface area (Å²) < 4.78 is 17.9. The first-order chi connectivity index (χ1) is 15.5. The van der Waals surface area contributed by atoms with Crippen LogP contribution < -0.4 is 5.32 Å². The normalized spacial score (nSPS) is 15.4. The average molecular weight is 440 g/mol. The minimum atomic E-state index is -0.376. The van der Waals surface area contributed by atoms with E-state index in [1.54, 1.807) is 13.0 Å². The molecule has 1 aliphatic rings. The van der Waals surface area contributed by atoms with Crippen molar-refractivity contribution in [3.8, 4) is 0 Å². The van der Waals surface area contributed by atoms with Crippen molar-refractivity contribution in [2.75, 3.05) is 44.6 Å². The number of benzene rings is 2. The lowest BCUT2D eigenvalue weighted by molar-refractivity contribution is -0.137. The molecule has 7 heteroatoms. The molecule has 1 fully saturated rings. The Labute approximate surface area is 188 Å². The monoisotopic (exact) mass is 439 g/mol. The third-order valence-corrected chi connectivity index (χ3v) is 5.26. The lowest BCUT2D eigenvalue weighted by atomic mass is 10.2. The highest BCUT2D eigenvalue weighted by Crippen LogP contribution is 2.13. The van der Waals surface area contributed by atoms with Crippen LogP contribution in [0.2, 0.25) is 0 Å². The quantitative estimate of drug-likeness (QED) is 0.504. The van der Waals surface area contributed by atoms with E-state index in [2.05, 4.69) is 15.1 Å². The molecule has 1 N–H and O–H groups in total. The van der Waals surface area contributed by atoms with Crippen LogP contribution in [0.4, 0.5) is 10.1 Å². The Morgan fingerprint density at radius 1 is 1.00 bits per heavy atom. The third kappa shape index (κ3) is 7.90. The van der Waals surface area contributed by atoms with Crippen molar-refractivity contribution in [3.63, 3.8) is 0 Å². The predicted octanol–water partition coefficient (Wildman–Crippen LogP) is 3.55. The van der Waals surface area contributed by atoms with Gasteiger partial charge in [-0.25, -0.2) is 9.18 Å². The van der Waals surface area contributed by atoms with Crippen LogP contribution in [0.3, 0.4) is 0 Å². The molecule has 1 aliphatic heterocycles. The number of nitrogens with zero attached hydrogens (tertiary/aromatic N) is 2. The highest BCUT2D eigenvalue weighted by molar-refractivity contribution is 5.92. The number of rotatable bonds is 8. The summed E-state index contributed by atoms with van der Waals surface area (Å²) >= 11 is 0. The van der Waals surface area contributed by atoms with Gasteiger partial charge in [-0.3, -0.25) is 14.6 Å². The first kappa shape index (κ1) is 23.6. The molecule has 0 bridgehead atoms. The number of nitrogens with one attached hydrogen (secondary N) is 1. The minimum absolute atomic E-state index is 0.0493. The second-order valence-electron chi connectivity index (χ2n) is 7.79. The summed E-state index contributed by atoms with van der Waals surface area (Å²) in [6.45, 7) is 6.74. The van der Waals surface area contributed by atoms with E-state index < -0.39 is 0 Å². The van der Waals surface area contributed by atoms with Crippen LogP contribution in [-0.2, 0) is 20.9 Å². The van der Waals surface area contributed by atoms with Gasteiger partial charge in [-0.15, -0.1) is 0 Å². The maximum absolute atomic E-state index is 13.1. The van der Waals surface area contributed by atoms with Crippen LogP contribution in [0.15, 0.2) is 54.6 Å². The Morgan fingerprint density at radius 2 is 1.69 bits per heavy atom. The number of anilines is 1. The summed E-state index contributed by atoms with van der Waals surface area (Å²) in [5.74, 6) is -0.644. The summed E-state index contributed by atoms with van der Waals surface area (Å²) in [6, 6.07) is 13.9. The Hall–Kier alpha value is -3.03. The molecule has 1 heterocycles. The van der Waals surface area contributed by atoms with E-state index >= 15 is 0 Å². The van der Waals surface area contributed by atoms with Gasteiger partial charge in [0.25, 0.3) is 0 Å². The molecule has 32 heavy (non-hydrogen) atoms. The van der Waals surface area contributed by atoms with Crippen LogP contribution in [0, 0.1) is 5.82 Å². The van der Waals surface area contributed by atoms with E-state index in [4.69, 9.17) is 4.74 Å². The maximum Gasteiger partial charge on any atom is 0.330 e. The molecule has 1 amide bonds. The topological polar surface area (TPSA) is 61.9 Å². The molecular weight excluding hydrogens is 409 g/mol. The van der Waals surface area contributed by atoms with Crippen molar-refractivity contribution in [2.45, 2.75) is 19.9 Å². The van der Waals surface area contributed by atoms with Crippen LogP contribution in [-0.4, -0.2) is 61.0 Å². The largest absolute Gasteiger partial charge is 0.463 e. The predicted molar refractivity (Wildman–Crippen MR) is 123 cm³/mol. The highest BCUT2D eigenvalue weighted by Gasteiger charge is 2.17. The van der Waals surface area contributed by atoms with Crippen molar-refractivity contribution in [1.82, 2.24) is 9.80 Å². The van der Waals surface area contributed by atoms with Crippen molar-refractivity contribution in [3.05, 3.63) is 71.6 Å². The molecule has 3 rings (SSSR count). The zero-order chi connectivity index (χ0) is 22.8. The summed E-state index contributed by atoms with van der Waals surface area (Å²) in [6.07, 6.45) is 4.05. The van der Waals surface area contributed by atoms with E-state index in [0.717, 1.165) is 56.0 Å². The molecule has 1 saturated heterocycles. The molecule has 2 aromatic carbocycles. The maximum atomic E-state index is 13.1. The Balaban J connectivity index is 1.43. The van der Waals surface area contributed by atoms with Gasteiger partial charge < -0.3 is 10.1 Å². The number of carbonyl (C=O) groups is 2. The summed E-state index contributed by atoms with van der Waals surface area (Å²) in [5.41, 5.74) is 2.67. The minimum Gasteiger partial charge on any atom is -0.463 e. The number of amides is 1. The molecule has 0 saturated carbocycles. The Morgan fingerprint density at radius 3 is 2.41 bits per heavy atom. The molecule has 0 aromatic heterocycles. The molecule has 170 valence electrons. The number of halogens is 1. The zero-order valence-corrected chi connectivity index (χ0v) is 18.4. The van der Waals surface area contributed by atoms with E-state index in [1.165, 1.54) is 18.2 Å². The lowest BCUT2D eigenvalue weighted by Gasteiger charge is -2.21. The summed E-state index contributed by atoms with van der Waals surface area (Å²) in [4.78, 5) is 28.4. The standard InChI is InChI=1S/C25H30FN3O3/c1-2-32-25(31)13-8-20-6-11-23(12-7-20)27-24(30)19-29-15-3-14-28(16-17-29)18-21-4-9-22(26)10-5-21/h4-13H,2-3,14-19H2,1H3,(H,27,30)/b13-8+. The first-order valence-corrected chi connectivity index (χ1v) is 11.0. The zero-order valence-electron chi connectivity index (χ0n) is 18.4. The highest BCUT2D eigenvalue weighted by atomic mass is 19.1. The number of esters is 1. The van der Waals surface area contributed by atoms with Gasteiger partial charge in [-0.2, -0.15) is 0 Å². The van der Waals surface area contributed by atoms with Crippen molar-refractivity contribution in [1.29, 1.82) is 0 Å². The number of hydrogen-bond acceptors (Lipinski definition) is 5. The number of carbonyl (C=O) groups excluding carboxylic acids is 2. The van der Waals surface area contributed by atoms with Crippen molar-refractivity contribution < 1.29 is 18.7 Å². The molecule has 2 aromatic rings. The van der Waals surface area contributed by atoms with E-state index in [-0.39, 0.29) is 17.7 Å².